The minimum absolute atomic E-state index is 0.0496. The third kappa shape index (κ3) is 4.26. The highest BCUT2D eigenvalue weighted by atomic mass is 16.6. The third-order valence-electron chi connectivity index (χ3n) is 5.07. The van der Waals surface area contributed by atoms with Crippen LogP contribution in [0.3, 0.4) is 0 Å². The summed E-state index contributed by atoms with van der Waals surface area (Å²) in [6, 6.07) is 0. The van der Waals surface area contributed by atoms with E-state index in [0.29, 0.717) is 37.1 Å². The normalized spacial score (nSPS) is 32.9. The van der Waals surface area contributed by atoms with Crippen LogP contribution in [0, 0.1) is 18.8 Å². The van der Waals surface area contributed by atoms with Gasteiger partial charge in [-0.05, 0) is 18.9 Å². The fourth-order valence-corrected chi connectivity index (χ4v) is 3.69. The zero-order valence-corrected chi connectivity index (χ0v) is 15.6. The molecular formula is C19H27N3O4. The Labute approximate surface area is 153 Å². The van der Waals surface area contributed by atoms with Crippen molar-refractivity contribution in [3.05, 3.63) is 35.8 Å². The maximum Gasteiger partial charge on any atom is 0.410 e. The summed E-state index contributed by atoms with van der Waals surface area (Å²) in [7, 11) is 0. The van der Waals surface area contributed by atoms with E-state index < -0.39 is 0 Å². The quantitative estimate of drug-likeness (QED) is 0.807. The predicted molar refractivity (Wildman–Crippen MR) is 95.6 cm³/mol. The molecule has 4 unspecified atom stereocenters. The Balaban J connectivity index is 1.66. The average Bonchev–Trinajstić information content (AvgIpc) is 3.05. The van der Waals surface area contributed by atoms with Crippen LogP contribution in [-0.4, -0.2) is 45.5 Å². The Hall–Kier alpha value is -2.31. The van der Waals surface area contributed by atoms with Gasteiger partial charge < -0.3 is 19.2 Å². The van der Waals surface area contributed by atoms with Crippen molar-refractivity contribution in [2.24, 2.45) is 11.8 Å². The van der Waals surface area contributed by atoms with E-state index in [-0.39, 0.29) is 30.0 Å². The van der Waals surface area contributed by atoms with Gasteiger partial charge in [0.15, 0.2) is 0 Å². The average molecular weight is 361 g/mol. The Morgan fingerprint density at radius 1 is 1.35 bits per heavy atom. The summed E-state index contributed by atoms with van der Waals surface area (Å²) in [5.41, 5.74) is 0. The molecule has 3 rings (SSSR count). The minimum Gasteiger partial charge on any atom is -0.512 e. The van der Waals surface area contributed by atoms with Crippen LogP contribution in [0.4, 0.5) is 4.79 Å². The third-order valence-corrected chi connectivity index (χ3v) is 5.07. The number of aryl methyl sites for hydroxylation is 1. The molecule has 0 spiro atoms. The van der Waals surface area contributed by atoms with Crippen molar-refractivity contribution in [1.29, 1.82) is 0 Å². The Morgan fingerprint density at radius 2 is 2.15 bits per heavy atom. The monoisotopic (exact) mass is 361 g/mol. The Morgan fingerprint density at radius 3 is 2.88 bits per heavy atom. The molecule has 0 saturated carbocycles. The van der Waals surface area contributed by atoms with Crippen LogP contribution in [0.1, 0.15) is 50.8 Å². The lowest BCUT2D eigenvalue weighted by Gasteiger charge is -2.34. The van der Waals surface area contributed by atoms with Crippen molar-refractivity contribution >= 4 is 6.09 Å². The summed E-state index contributed by atoms with van der Waals surface area (Å²) >= 11 is 0. The second-order valence-corrected chi connectivity index (χ2v) is 7.30. The number of aromatic nitrogens is 2. The van der Waals surface area contributed by atoms with E-state index in [0.717, 1.165) is 12.8 Å². The van der Waals surface area contributed by atoms with Crippen molar-refractivity contribution in [3.63, 3.8) is 0 Å². The summed E-state index contributed by atoms with van der Waals surface area (Å²) in [6.07, 6.45) is 7.36. The van der Waals surface area contributed by atoms with Crippen LogP contribution in [0.5, 0.6) is 0 Å². The lowest BCUT2D eigenvalue weighted by molar-refractivity contribution is 0.0233. The van der Waals surface area contributed by atoms with Crippen molar-refractivity contribution in [1.82, 2.24) is 15.1 Å². The summed E-state index contributed by atoms with van der Waals surface area (Å²) < 4.78 is 11.4. The van der Waals surface area contributed by atoms with Crippen molar-refractivity contribution in [2.75, 3.05) is 13.1 Å². The number of hydrogen-bond donors (Lipinski definition) is 1. The highest BCUT2D eigenvalue weighted by molar-refractivity contribution is 5.68. The molecule has 142 valence electrons. The standard InChI is InChI=1S/C19H27N3O4/c1-12-6-4-8-16(23)10-13(2)17(12)26-19(24)22-9-5-7-15(11-22)18-21-20-14(3)25-18/h4,6,10,12-13,15,17,23H,5,7-9,11H2,1-3H3/b6-4+,16-10+. The second kappa shape index (κ2) is 7.93. The molecule has 1 saturated heterocycles. The zero-order valence-electron chi connectivity index (χ0n) is 15.6. The van der Waals surface area contributed by atoms with Gasteiger partial charge in [-0.1, -0.05) is 26.0 Å². The maximum absolute atomic E-state index is 12.7. The first-order valence-electron chi connectivity index (χ1n) is 9.26. The van der Waals surface area contributed by atoms with Crippen LogP contribution in [0.15, 0.2) is 28.4 Å². The molecule has 2 heterocycles. The van der Waals surface area contributed by atoms with Crippen LogP contribution in [0.2, 0.25) is 0 Å². The molecule has 1 aromatic heterocycles. The van der Waals surface area contributed by atoms with Crippen molar-refractivity contribution in [2.45, 2.75) is 52.1 Å². The molecule has 1 aliphatic carbocycles. The van der Waals surface area contributed by atoms with Gasteiger partial charge in [0.25, 0.3) is 0 Å². The molecule has 26 heavy (non-hydrogen) atoms. The first-order valence-corrected chi connectivity index (χ1v) is 9.26. The zero-order chi connectivity index (χ0) is 18.7. The molecule has 2 aliphatic rings. The number of carbonyl (C=O) groups is 1. The van der Waals surface area contributed by atoms with Crippen LogP contribution in [-0.2, 0) is 4.74 Å². The fraction of sp³-hybridized carbons (Fsp3) is 0.632. The smallest absolute Gasteiger partial charge is 0.410 e. The van der Waals surface area contributed by atoms with Crippen LogP contribution >= 0.6 is 0 Å². The molecule has 0 radical (unpaired) electrons. The van der Waals surface area contributed by atoms with Gasteiger partial charge in [0.2, 0.25) is 11.8 Å². The van der Waals surface area contributed by atoms with Crippen molar-refractivity contribution in [3.8, 4) is 0 Å². The Kier molecular flexibility index (Phi) is 5.64. The fourth-order valence-electron chi connectivity index (χ4n) is 3.69. The molecule has 4 atom stereocenters. The SMILES string of the molecule is Cc1nnc(C2CCCN(C(=O)OC3C(C)/C=C/C/C(O)=C\C3C)C2)o1. The van der Waals surface area contributed by atoms with Gasteiger partial charge in [0, 0.05) is 38.3 Å². The van der Waals surface area contributed by atoms with Gasteiger partial charge in [-0.2, -0.15) is 0 Å². The number of piperidine rings is 1. The predicted octanol–water partition coefficient (Wildman–Crippen LogP) is 3.74. The molecule has 0 aromatic carbocycles. The molecule has 1 aromatic rings. The molecule has 0 bridgehead atoms. The first-order chi connectivity index (χ1) is 12.4. The van der Waals surface area contributed by atoms with Gasteiger partial charge in [-0.15, -0.1) is 10.2 Å². The van der Waals surface area contributed by atoms with Gasteiger partial charge in [0.05, 0.1) is 11.7 Å². The molecular weight excluding hydrogens is 334 g/mol. The van der Waals surface area contributed by atoms with E-state index in [9.17, 15) is 9.90 Å². The first kappa shape index (κ1) is 18.5. The lowest BCUT2D eigenvalue weighted by atomic mass is 9.90. The van der Waals surface area contributed by atoms with Gasteiger partial charge in [-0.3, -0.25) is 0 Å². The van der Waals surface area contributed by atoms with E-state index in [4.69, 9.17) is 9.15 Å². The van der Waals surface area contributed by atoms with Gasteiger partial charge >= 0.3 is 6.09 Å². The minimum atomic E-state index is -0.323. The summed E-state index contributed by atoms with van der Waals surface area (Å²) in [5.74, 6) is 1.51. The lowest BCUT2D eigenvalue weighted by Crippen LogP contribution is -2.43. The van der Waals surface area contributed by atoms with Gasteiger partial charge in [-0.25, -0.2) is 4.79 Å². The Bertz CT molecular complexity index is 697. The number of carbonyl (C=O) groups excluding carboxylic acids is 1. The van der Waals surface area contributed by atoms with Gasteiger partial charge in [0.1, 0.15) is 6.10 Å². The van der Waals surface area contributed by atoms with Crippen molar-refractivity contribution < 1.29 is 19.1 Å². The number of hydrogen-bond acceptors (Lipinski definition) is 6. The van der Waals surface area contributed by atoms with Crippen LogP contribution in [0.25, 0.3) is 0 Å². The summed E-state index contributed by atoms with van der Waals surface area (Å²) in [5, 5.41) is 17.8. The van der Waals surface area contributed by atoms with E-state index >= 15 is 0 Å². The van der Waals surface area contributed by atoms with Crippen LogP contribution < -0.4 is 0 Å². The molecule has 1 N–H and O–H groups in total. The number of aliphatic hydroxyl groups is 1. The molecule has 7 heteroatoms. The molecule has 1 amide bonds. The molecule has 1 fully saturated rings. The number of ether oxygens (including phenoxy) is 1. The number of nitrogens with zero attached hydrogens (tertiary/aromatic N) is 3. The maximum atomic E-state index is 12.7. The summed E-state index contributed by atoms with van der Waals surface area (Å²) in [6.45, 7) is 6.94. The largest absolute Gasteiger partial charge is 0.512 e. The molecule has 7 nitrogen and oxygen atoms in total. The highest BCUT2D eigenvalue weighted by Crippen LogP contribution is 2.28. The van der Waals surface area contributed by atoms with E-state index in [1.165, 1.54) is 0 Å². The highest BCUT2D eigenvalue weighted by Gasteiger charge is 2.32. The van der Waals surface area contributed by atoms with E-state index in [2.05, 4.69) is 10.2 Å². The van der Waals surface area contributed by atoms with E-state index in [1.807, 2.05) is 26.0 Å². The number of rotatable bonds is 2. The topological polar surface area (TPSA) is 88.7 Å². The molecule has 1 aliphatic heterocycles. The number of allylic oxidation sites excluding steroid dienone is 1. The number of amides is 1. The second-order valence-electron chi connectivity index (χ2n) is 7.30. The number of likely N-dealkylation sites (tertiary alicyclic amines) is 1. The van der Waals surface area contributed by atoms with E-state index in [1.54, 1.807) is 17.9 Å². The summed E-state index contributed by atoms with van der Waals surface area (Å²) in [4.78, 5) is 14.5. The number of aliphatic hydroxyl groups excluding tert-OH is 1.